The Bertz CT molecular complexity index is 92.4. The Morgan fingerprint density at radius 2 is 2.38 bits per heavy atom. The van der Waals surface area contributed by atoms with Gasteiger partial charge in [-0.15, -0.1) is 0 Å². The average Bonchev–Trinajstić information content (AvgIpc) is 1.82. The molecule has 0 unspecified atom stereocenters. The molecule has 1 aliphatic rings. The molecule has 1 atom stereocenters. The third kappa shape index (κ3) is 1.56. The molecule has 0 bridgehead atoms. The van der Waals surface area contributed by atoms with Gasteiger partial charge in [0.2, 0.25) is 0 Å². The Balaban J connectivity index is 2.44. The molecule has 1 heterocycles. The van der Waals surface area contributed by atoms with Crippen molar-refractivity contribution < 1.29 is 0 Å². The summed E-state index contributed by atoms with van der Waals surface area (Å²) in [4.78, 5) is 2.26. The molecule has 0 amide bonds. The Labute approximate surface area is 63.6 Å². The first-order chi connectivity index (χ1) is 3.60. The molecule has 1 saturated heterocycles. The minimum Gasteiger partial charge on any atom is -0.316 e. The van der Waals surface area contributed by atoms with Gasteiger partial charge >= 0.3 is 0 Å². The molecule has 0 aliphatic carbocycles. The van der Waals surface area contributed by atoms with Gasteiger partial charge in [0, 0.05) is 13.1 Å². The number of nitrogens with two attached hydrogens (primary N) is 1. The van der Waals surface area contributed by atoms with Crippen molar-refractivity contribution in [1.82, 2.24) is 4.90 Å². The Kier molecular flexibility index (Phi) is 1.79. The Morgan fingerprint density at radius 3 is 2.50 bits per heavy atom. The molecule has 1 aliphatic heterocycles. The van der Waals surface area contributed by atoms with Crippen LogP contribution in [0.1, 0.15) is 6.42 Å². The highest BCUT2D eigenvalue weighted by Crippen LogP contribution is 2.23. The highest BCUT2D eigenvalue weighted by Gasteiger charge is 2.28. The fourth-order valence-corrected chi connectivity index (χ4v) is 1.81. The molecular weight excluding hydrogens is 215 g/mol. The fraction of sp³-hybridized carbons (Fsp3) is 1.00. The number of nitrogens with zero attached hydrogens (tertiary/aromatic N) is 1. The summed E-state index contributed by atoms with van der Waals surface area (Å²) in [5, 5.41) is 0. The number of rotatable bonds is 0. The monoisotopic (exact) mass is 226 g/mol. The topological polar surface area (TPSA) is 29.3 Å². The Hall–Kier alpha value is 0.650. The van der Waals surface area contributed by atoms with Crippen molar-refractivity contribution in [3.05, 3.63) is 0 Å². The van der Waals surface area contributed by atoms with Crippen molar-refractivity contribution in [3.63, 3.8) is 0 Å². The summed E-state index contributed by atoms with van der Waals surface area (Å²) >= 11 is 2.32. The van der Waals surface area contributed by atoms with Crippen molar-refractivity contribution in [3.8, 4) is 0 Å². The summed E-state index contributed by atoms with van der Waals surface area (Å²) in [5.41, 5.74) is 5.81. The molecule has 0 aromatic heterocycles. The summed E-state index contributed by atoms with van der Waals surface area (Å²) in [6.45, 7) is 2.19. The van der Waals surface area contributed by atoms with Gasteiger partial charge in [-0.2, -0.15) is 0 Å². The number of hydrogen-bond donors (Lipinski definition) is 1. The van der Waals surface area contributed by atoms with E-state index in [1.165, 1.54) is 0 Å². The first-order valence-corrected chi connectivity index (χ1v) is 3.84. The van der Waals surface area contributed by atoms with Crippen LogP contribution in [0.3, 0.4) is 0 Å². The molecule has 0 radical (unpaired) electrons. The number of halogens is 1. The first kappa shape index (κ1) is 6.77. The molecule has 0 aromatic rings. The molecule has 0 spiro atoms. The van der Waals surface area contributed by atoms with Crippen LogP contribution in [0.5, 0.6) is 0 Å². The van der Waals surface area contributed by atoms with E-state index in [0.717, 1.165) is 19.5 Å². The second kappa shape index (κ2) is 2.11. The number of likely N-dealkylation sites (tertiary alicyclic amines) is 1. The predicted molar refractivity (Wildman–Crippen MR) is 43.1 cm³/mol. The van der Waals surface area contributed by atoms with Crippen LogP contribution in [-0.2, 0) is 0 Å². The van der Waals surface area contributed by atoms with Crippen LogP contribution in [0, 0.1) is 0 Å². The lowest BCUT2D eigenvalue weighted by Gasteiger charge is -2.13. The zero-order valence-electron chi connectivity index (χ0n) is 5.02. The molecule has 1 fully saturated rings. The van der Waals surface area contributed by atoms with E-state index in [0.29, 0.717) is 0 Å². The molecule has 1 rings (SSSR count). The molecule has 0 aromatic carbocycles. The van der Waals surface area contributed by atoms with Crippen LogP contribution in [0.15, 0.2) is 0 Å². The molecule has 0 saturated carbocycles. The lowest BCUT2D eigenvalue weighted by atomic mass is 10.3. The number of likely N-dealkylation sites (N-methyl/N-ethyl adjacent to an activating group) is 1. The van der Waals surface area contributed by atoms with Crippen molar-refractivity contribution in [1.29, 1.82) is 0 Å². The van der Waals surface area contributed by atoms with E-state index in [1.807, 2.05) is 0 Å². The van der Waals surface area contributed by atoms with Gasteiger partial charge in [0.1, 0.15) is 0 Å². The quantitative estimate of drug-likeness (QED) is 0.368. The standard InChI is InChI=1S/C5H11IN2/c1-8-3-2-5(6,7)4-8/h2-4,7H2,1H3/t5-/m0/s1. The van der Waals surface area contributed by atoms with E-state index in [9.17, 15) is 0 Å². The SMILES string of the molecule is CN1CC[C@@](N)(I)C1. The smallest absolute Gasteiger partial charge is 0.0820 e. The predicted octanol–water partition coefficient (Wildman–Crippen LogP) is 0.412. The summed E-state index contributed by atoms with van der Waals surface area (Å²) in [6, 6.07) is 0. The molecule has 3 heteroatoms. The van der Waals surface area contributed by atoms with E-state index >= 15 is 0 Å². The van der Waals surface area contributed by atoms with Crippen molar-refractivity contribution in [2.24, 2.45) is 5.73 Å². The molecule has 8 heavy (non-hydrogen) atoms. The van der Waals surface area contributed by atoms with Gasteiger partial charge in [-0.25, -0.2) is 0 Å². The second-order valence-electron chi connectivity index (χ2n) is 2.52. The van der Waals surface area contributed by atoms with Gasteiger partial charge in [-0.3, -0.25) is 0 Å². The number of alkyl halides is 1. The number of hydrogen-bond acceptors (Lipinski definition) is 2. The van der Waals surface area contributed by atoms with Crippen molar-refractivity contribution in [2.75, 3.05) is 20.1 Å². The summed E-state index contributed by atoms with van der Waals surface area (Å²) in [7, 11) is 2.10. The fourth-order valence-electron chi connectivity index (χ4n) is 0.984. The van der Waals surface area contributed by atoms with Gasteiger partial charge in [0.25, 0.3) is 0 Å². The van der Waals surface area contributed by atoms with Crippen LogP contribution in [-0.4, -0.2) is 28.6 Å². The highest BCUT2D eigenvalue weighted by molar-refractivity contribution is 14.1. The van der Waals surface area contributed by atoms with Gasteiger partial charge in [0.05, 0.1) is 3.55 Å². The van der Waals surface area contributed by atoms with Crippen LogP contribution in [0.4, 0.5) is 0 Å². The summed E-state index contributed by atoms with van der Waals surface area (Å²) in [6.07, 6.45) is 1.13. The largest absolute Gasteiger partial charge is 0.316 e. The molecule has 2 N–H and O–H groups in total. The van der Waals surface area contributed by atoms with Crippen molar-refractivity contribution in [2.45, 2.75) is 9.97 Å². The van der Waals surface area contributed by atoms with Gasteiger partial charge in [-0.05, 0) is 13.5 Å². The van der Waals surface area contributed by atoms with Crippen LogP contribution < -0.4 is 5.73 Å². The maximum absolute atomic E-state index is 5.81. The maximum Gasteiger partial charge on any atom is 0.0820 e. The zero-order valence-corrected chi connectivity index (χ0v) is 7.18. The lowest BCUT2D eigenvalue weighted by molar-refractivity contribution is 0.409. The van der Waals surface area contributed by atoms with Crippen LogP contribution >= 0.6 is 22.6 Å². The van der Waals surface area contributed by atoms with E-state index in [4.69, 9.17) is 5.73 Å². The Morgan fingerprint density at radius 1 is 1.75 bits per heavy atom. The molecule has 2 nitrogen and oxygen atoms in total. The average molecular weight is 226 g/mol. The zero-order chi connectivity index (χ0) is 6.20. The van der Waals surface area contributed by atoms with Crippen LogP contribution in [0.2, 0.25) is 0 Å². The van der Waals surface area contributed by atoms with Gasteiger partial charge < -0.3 is 10.6 Å². The highest BCUT2D eigenvalue weighted by atomic mass is 127. The third-order valence-electron chi connectivity index (χ3n) is 1.44. The van der Waals surface area contributed by atoms with E-state index in [1.54, 1.807) is 0 Å². The van der Waals surface area contributed by atoms with Crippen LogP contribution in [0.25, 0.3) is 0 Å². The summed E-state index contributed by atoms with van der Waals surface area (Å²) in [5.74, 6) is 0. The van der Waals surface area contributed by atoms with Crippen molar-refractivity contribution >= 4 is 22.6 Å². The molecular formula is C5H11IN2. The summed E-state index contributed by atoms with van der Waals surface area (Å²) < 4.78 is 0.0620. The van der Waals surface area contributed by atoms with E-state index < -0.39 is 0 Å². The molecule has 48 valence electrons. The third-order valence-corrected chi connectivity index (χ3v) is 2.32. The van der Waals surface area contributed by atoms with Gasteiger partial charge in [0.15, 0.2) is 0 Å². The normalized spacial score (nSPS) is 40.9. The van der Waals surface area contributed by atoms with E-state index in [2.05, 4.69) is 34.5 Å². The first-order valence-electron chi connectivity index (χ1n) is 2.76. The lowest BCUT2D eigenvalue weighted by Crippen LogP contribution is -2.34. The maximum atomic E-state index is 5.81. The minimum absolute atomic E-state index is 0.0620. The second-order valence-corrected chi connectivity index (χ2v) is 4.67. The van der Waals surface area contributed by atoms with Gasteiger partial charge in [-0.1, -0.05) is 22.6 Å². The van der Waals surface area contributed by atoms with E-state index in [-0.39, 0.29) is 3.55 Å². The minimum atomic E-state index is 0.0620.